The number of carbonyl (C=O) groups is 3. The summed E-state index contributed by atoms with van der Waals surface area (Å²) < 4.78 is 15.5. The standard InChI is InChI=1S/C14H11N3O5S2/c1-24(2,21)16-14-15-10(7-23-14)13(20)22-17-11(18)8-5-3-4-6-9(8)12(17)19/h3-7H,1-2H3. The van der Waals surface area contributed by atoms with Crippen LogP contribution in [0.2, 0.25) is 0 Å². The van der Waals surface area contributed by atoms with Crippen molar-refractivity contribution < 1.29 is 23.4 Å². The van der Waals surface area contributed by atoms with E-state index in [9.17, 15) is 18.6 Å². The second-order valence-electron chi connectivity index (χ2n) is 5.12. The molecule has 0 spiro atoms. The van der Waals surface area contributed by atoms with Gasteiger partial charge in [-0.2, -0.15) is 4.36 Å². The Morgan fingerprint density at radius 1 is 1.21 bits per heavy atom. The highest BCUT2D eigenvalue weighted by molar-refractivity contribution is 7.92. The molecular weight excluding hydrogens is 354 g/mol. The lowest BCUT2D eigenvalue weighted by Gasteiger charge is -2.11. The minimum Gasteiger partial charge on any atom is -0.322 e. The van der Waals surface area contributed by atoms with Crippen LogP contribution in [0, 0.1) is 0 Å². The van der Waals surface area contributed by atoms with E-state index in [-0.39, 0.29) is 22.0 Å². The number of hydrogen-bond donors (Lipinski definition) is 0. The van der Waals surface area contributed by atoms with E-state index in [4.69, 9.17) is 4.84 Å². The van der Waals surface area contributed by atoms with E-state index in [0.29, 0.717) is 5.06 Å². The maximum atomic E-state index is 12.1. The maximum Gasteiger partial charge on any atom is 0.383 e. The number of hydrogen-bond acceptors (Lipinski definition) is 8. The minimum atomic E-state index is -2.41. The third-order valence-corrected chi connectivity index (χ3v) is 4.39. The van der Waals surface area contributed by atoms with Gasteiger partial charge in [0.15, 0.2) is 5.69 Å². The van der Waals surface area contributed by atoms with Crippen molar-refractivity contribution in [1.29, 1.82) is 0 Å². The monoisotopic (exact) mass is 365 g/mol. The largest absolute Gasteiger partial charge is 0.383 e. The van der Waals surface area contributed by atoms with Crippen molar-refractivity contribution in [3.8, 4) is 0 Å². The summed E-state index contributed by atoms with van der Waals surface area (Å²) in [5.41, 5.74) is 0.209. The first-order chi connectivity index (χ1) is 11.3. The van der Waals surface area contributed by atoms with Gasteiger partial charge in [-0.05, 0) is 12.1 Å². The highest BCUT2D eigenvalue weighted by atomic mass is 32.2. The second kappa shape index (κ2) is 5.80. The van der Waals surface area contributed by atoms with Crippen LogP contribution in [0.5, 0.6) is 0 Å². The van der Waals surface area contributed by atoms with Gasteiger partial charge in [0.25, 0.3) is 11.8 Å². The van der Waals surface area contributed by atoms with E-state index in [1.807, 2.05) is 0 Å². The molecule has 2 aromatic rings. The summed E-state index contributed by atoms with van der Waals surface area (Å²) in [6.07, 6.45) is 2.87. The molecule has 1 aromatic heterocycles. The number of rotatable bonds is 3. The molecule has 124 valence electrons. The van der Waals surface area contributed by atoms with Gasteiger partial charge in [0.2, 0.25) is 5.13 Å². The van der Waals surface area contributed by atoms with Gasteiger partial charge in [-0.25, -0.2) is 14.0 Å². The van der Waals surface area contributed by atoms with Crippen molar-refractivity contribution in [2.75, 3.05) is 12.5 Å². The van der Waals surface area contributed by atoms with Gasteiger partial charge in [-0.3, -0.25) is 9.59 Å². The average Bonchev–Trinajstić information content (AvgIpc) is 3.05. The third kappa shape index (κ3) is 3.05. The summed E-state index contributed by atoms with van der Waals surface area (Å²) in [4.78, 5) is 45.1. The number of hydroxylamine groups is 2. The molecule has 1 aliphatic heterocycles. The normalized spacial score (nSPS) is 13.8. The minimum absolute atomic E-state index is 0.126. The van der Waals surface area contributed by atoms with Gasteiger partial charge in [-0.1, -0.05) is 17.2 Å². The van der Waals surface area contributed by atoms with Crippen LogP contribution in [0.4, 0.5) is 5.13 Å². The van der Waals surface area contributed by atoms with Crippen molar-refractivity contribution in [3.63, 3.8) is 0 Å². The molecule has 1 aromatic carbocycles. The molecule has 0 N–H and O–H groups in total. The number of amides is 2. The fourth-order valence-electron chi connectivity index (χ4n) is 1.97. The molecule has 0 fully saturated rings. The van der Waals surface area contributed by atoms with Crippen LogP contribution in [-0.4, -0.2) is 44.6 Å². The first kappa shape index (κ1) is 16.3. The Morgan fingerprint density at radius 3 is 2.33 bits per heavy atom. The van der Waals surface area contributed by atoms with Gasteiger partial charge in [0.1, 0.15) is 0 Å². The Labute approximate surface area is 141 Å². The fraction of sp³-hybridized carbons (Fsp3) is 0.143. The topological polar surface area (TPSA) is 106 Å². The van der Waals surface area contributed by atoms with Gasteiger partial charge < -0.3 is 4.84 Å². The number of carbonyl (C=O) groups excluding carboxylic acids is 3. The fourth-order valence-corrected chi connectivity index (χ4v) is 3.61. The zero-order valence-electron chi connectivity index (χ0n) is 12.6. The summed E-state index contributed by atoms with van der Waals surface area (Å²) in [6, 6.07) is 6.16. The molecular formula is C14H11N3O5S2. The molecule has 0 bridgehead atoms. The van der Waals surface area contributed by atoms with E-state index in [2.05, 4.69) is 9.35 Å². The molecule has 0 saturated heterocycles. The number of nitrogens with zero attached hydrogens (tertiary/aromatic N) is 3. The second-order valence-corrected chi connectivity index (χ2v) is 8.50. The predicted molar refractivity (Wildman–Crippen MR) is 86.5 cm³/mol. The predicted octanol–water partition coefficient (Wildman–Crippen LogP) is 1.87. The zero-order valence-corrected chi connectivity index (χ0v) is 14.2. The Hall–Kier alpha value is -2.59. The van der Waals surface area contributed by atoms with Gasteiger partial charge in [0, 0.05) is 27.6 Å². The lowest BCUT2D eigenvalue weighted by atomic mass is 10.1. The van der Waals surface area contributed by atoms with Crippen molar-refractivity contribution >= 4 is 44.0 Å². The first-order valence-electron chi connectivity index (χ1n) is 6.59. The van der Waals surface area contributed by atoms with E-state index >= 15 is 0 Å². The highest BCUT2D eigenvalue weighted by Gasteiger charge is 2.39. The Bertz CT molecular complexity index is 945. The van der Waals surface area contributed by atoms with Crippen LogP contribution >= 0.6 is 11.3 Å². The SMILES string of the molecule is CS(C)(=O)=Nc1nc(C(=O)ON2C(=O)c3ccccc3C2=O)cs1. The molecule has 0 unspecified atom stereocenters. The van der Waals surface area contributed by atoms with Crippen LogP contribution < -0.4 is 0 Å². The smallest absolute Gasteiger partial charge is 0.322 e. The molecule has 0 saturated carbocycles. The molecule has 2 heterocycles. The van der Waals surface area contributed by atoms with Gasteiger partial charge in [-0.15, -0.1) is 11.3 Å². The lowest BCUT2D eigenvalue weighted by Crippen LogP contribution is -2.32. The molecule has 0 aliphatic carbocycles. The average molecular weight is 365 g/mol. The molecule has 2 amide bonds. The van der Waals surface area contributed by atoms with Crippen LogP contribution in [-0.2, 0) is 14.6 Å². The quantitative estimate of drug-likeness (QED) is 0.769. The van der Waals surface area contributed by atoms with E-state index < -0.39 is 27.5 Å². The summed E-state index contributed by atoms with van der Waals surface area (Å²) in [5, 5.41) is 1.91. The Balaban J connectivity index is 1.81. The molecule has 0 atom stereocenters. The number of fused-ring (bicyclic) bond motifs is 1. The zero-order chi connectivity index (χ0) is 17.5. The van der Waals surface area contributed by atoms with E-state index in [1.54, 1.807) is 12.1 Å². The maximum absolute atomic E-state index is 12.1. The molecule has 10 heteroatoms. The molecule has 3 rings (SSSR count). The van der Waals surface area contributed by atoms with Crippen LogP contribution in [0.1, 0.15) is 31.2 Å². The summed E-state index contributed by atoms with van der Waals surface area (Å²) in [6.45, 7) is 0. The molecule has 8 nitrogen and oxygen atoms in total. The van der Waals surface area contributed by atoms with Crippen molar-refractivity contribution in [2.24, 2.45) is 4.36 Å². The van der Waals surface area contributed by atoms with Crippen LogP contribution in [0.3, 0.4) is 0 Å². The molecule has 0 radical (unpaired) electrons. The first-order valence-corrected chi connectivity index (χ1v) is 9.80. The van der Waals surface area contributed by atoms with Crippen molar-refractivity contribution in [2.45, 2.75) is 0 Å². The Morgan fingerprint density at radius 2 is 1.79 bits per heavy atom. The summed E-state index contributed by atoms with van der Waals surface area (Å²) in [5.74, 6) is -2.40. The highest BCUT2D eigenvalue weighted by Crippen LogP contribution is 2.25. The van der Waals surface area contributed by atoms with E-state index in [1.165, 1.54) is 30.0 Å². The number of imide groups is 1. The number of aromatic nitrogens is 1. The van der Waals surface area contributed by atoms with Gasteiger partial charge >= 0.3 is 5.97 Å². The van der Waals surface area contributed by atoms with E-state index in [0.717, 1.165) is 11.3 Å². The summed E-state index contributed by atoms with van der Waals surface area (Å²) in [7, 11) is -2.41. The summed E-state index contributed by atoms with van der Waals surface area (Å²) >= 11 is 1.01. The number of benzene rings is 1. The Kier molecular flexibility index (Phi) is 3.93. The van der Waals surface area contributed by atoms with Crippen molar-refractivity contribution in [1.82, 2.24) is 10.0 Å². The van der Waals surface area contributed by atoms with Gasteiger partial charge in [0.05, 0.1) is 11.1 Å². The number of thiazole rings is 1. The third-order valence-electron chi connectivity index (χ3n) is 2.93. The van der Waals surface area contributed by atoms with Crippen molar-refractivity contribution in [3.05, 3.63) is 46.5 Å². The van der Waals surface area contributed by atoms with Crippen LogP contribution in [0.25, 0.3) is 0 Å². The molecule has 1 aliphatic rings. The van der Waals surface area contributed by atoms with Crippen LogP contribution in [0.15, 0.2) is 34.0 Å². The molecule has 24 heavy (non-hydrogen) atoms. The lowest BCUT2D eigenvalue weighted by molar-refractivity contribution is -0.0587.